The zero-order valence-electron chi connectivity index (χ0n) is 17.7. The topological polar surface area (TPSA) is 70.5 Å². The van der Waals surface area contributed by atoms with E-state index in [0.29, 0.717) is 0 Å². The molecule has 0 aliphatic carbocycles. The molecular weight excluding hydrogens is 384 g/mol. The molecule has 4 N–H and O–H groups in total. The summed E-state index contributed by atoms with van der Waals surface area (Å²) in [5.41, 5.74) is 16.0. The average molecular weight is 419 g/mol. The lowest BCUT2D eigenvalue weighted by Crippen LogP contribution is -2.54. The lowest BCUT2D eigenvalue weighted by atomic mass is 10.0. The van der Waals surface area contributed by atoms with Crippen LogP contribution in [0.15, 0.2) is 48.5 Å². The van der Waals surface area contributed by atoms with Crippen LogP contribution in [0.2, 0.25) is 45.8 Å². The summed E-state index contributed by atoms with van der Waals surface area (Å²) in [7, 11) is -6.13. The van der Waals surface area contributed by atoms with Gasteiger partial charge in [-0.05, 0) is 81.2 Å². The lowest BCUT2D eigenvalue weighted by Gasteiger charge is -2.41. The standard InChI is InChI=1S/C20H34N2O2Si3/c1-25(2,3)23-27(6,7)24-26(4,5)20(16-8-12-18(21)13-9-16)17-10-14-19(22)15-11-17/h8-15,20H,21-22H2,1-7H3. The molecule has 2 aromatic carbocycles. The monoisotopic (exact) mass is 418 g/mol. The van der Waals surface area contributed by atoms with E-state index in [1.165, 1.54) is 11.1 Å². The molecule has 0 atom stereocenters. The molecule has 7 heteroatoms. The second kappa shape index (κ2) is 7.92. The van der Waals surface area contributed by atoms with E-state index in [4.69, 9.17) is 19.7 Å². The van der Waals surface area contributed by atoms with E-state index < -0.39 is 25.2 Å². The van der Waals surface area contributed by atoms with Crippen molar-refractivity contribution in [2.45, 2.75) is 51.4 Å². The summed E-state index contributed by atoms with van der Waals surface area (Å²) in [4.78, 5) is 0. The maximum Gasteiger partial charge on any atom is 0.311 e. The summed E-state index contributed by atoms with van der Waals surface area (Å²) in [6, 6.07) is 16.3. The molecule has 148 valence electrons. The number of anilines is 2. The van der Waals surface area contributed by atoms with Crippen LogP contribution in [0.1, 0.15) is 16.7 Å². The van der Waals surface area contributed by atoms with Crippen LogP contribution in [0.5, 0.6) is 0 Å². The zero-order valence-corrected chi connectivity index (χ0v) is 20.7. The van der Waals surface area contributed by atoms with E-state index in [-0.39, 0.29) is 5.54 Å². The fourth-order valence-corrected chi connectivity index (χ4v) is 17.8. The molecule has 0 fully saturated rings. The molecule has 0 bridgehead atoms. The van der Waals surface area contributed by atoms with Crippen molar-refractivity contribution in [1.82, 2.24) is 0 Å². The van der Waals surface area contributed by atoms with Crippen LogP contribution in [0.4, 0.5) is 11.4 Å². The Labute approximate surface area is 167 Å². The molecule has 2 rings (SSSR count). The summed E-state index contributed by atoms with van der Waals surface area (Å²) in [6.45, 7) is 15.6. The third-order valence-electron chi connectivity index (χ3n) is 4.30. The van der Waals surface area contributed by atoms with Crippen LogP contribution >= 0.6 is 0 Å². The van der Waals surface area contributed by atoms with E-state index in [1.54, 1.807) is 0 Å². The third-order valence-corrected chi connectivity index (χ3v) is 14.8. The molecule has 4 nitrogen and oxygen atoms in total. The summed E-state index contributed by atoms with van der Waals surface area (Å²) in [5.74, 6) is 0. The quantitative estimate of drug-likeness (QED) is 0.473. The van der Waals surface area contributed by atoms with Crippen LogP contribution in [0, 0.1) is 0 Å². The van der Waals surface area contributed by atoms with Gasteiger partial charge < -0.3 is 19.7 Å². The maximum absolute atomic E-state index is 6.86. The van der Waals surface area contributed by atoms with Gasteiger partial charge in [-0.25, -0.2) is 0 Å². The predicted molar refractivity (Wildman–Crippen MR) is 124 cm³/mol. The van der Waals surface area contributed by atoms with E-state index in [1.807, 2.05) is 24.3 Å². The highest BCUT2D eigenvalue weighted by atomic mass is 28.5. The predicted octanol–water partition coefficient (Wildman–Crippen LogP) is 5.30. The van der Waals surface area contributed by atoms with Gasteiger partial charge in [-0.2, -0.15) is 0 Å². The molecule has 2 aromatic rings. The van der Waals surface area contributed by atoms with Crippen LogP contribution in [0.25, 0.3) is 0 Å². The van der Waals surface area contributed by atoms with Gasteiger partial charge >= 0.3 is 8.56 Å². The van der Waals surface area contributed by atoms with Crippen molar-refractivity contribution in [3.63, 3.8) is 0 Å². The lowest BCUT2D eigenvalue weighted by molar-refractivity contribution is 0.388. The molecule has 0 spiro atoms. The number of nitrogen functional groups attached to an aromatic ring is 2. The highest BCUT2D eigenvalue weighted by molar-refractivity contribution is 6.88. The molecule has 0 unspecified atom stereocenters. The van der Waals surface area contributed by atoms with Crippen molar-refractivity contribution in [3.05, 3.63) is 59.7 Å². The maximum atomic E-state index is 6.86. The first-order valence-electron chi connectivity index (χ1n) is 9.40. The smallest absolute Gasteiger partial charge is 0.311 e. The Balaban J connectivity index is 2.44. The molecule has 0 heterocycles. The van der Waals surface area contributed by atoms with Crippen molar-refractivity contribution in [3.8, 4) is 0 Å². The van der Waals surface area contributed by atoms with Gasteiger partial charge in [0.15, 0.2) is 16.6 Å². The number of benzene rings is 2. The minimum atomic E-state index is -2.25. The molecule has 0 aliphatic rings. The molecule has 27 heavy (non-hydrogen) atoms. The summed E-state index contributed by atoms with van der Waals surface area (Å²) in [5, 5.41) is 0. The summed E-state index contributed by atoms with van der Waals surface area (Å²) in [6.07, 6.45) is 0. The molecule has 0 radical (unpaired) electrons. The van der Waals surface area contributed by atoms with Gasteiger partial charge in [0.05, 0.1) is 0 Å². The molecule has 0 aliphatic heterocycles. The normalized spacial score (nSPS) is 13.2. The van der Waals surface area contributed by atoms with Crippen molar-refractivity contribution in [2.24, 2.45) is 0 Å². The Morgan fingerprint density at radius 3 is 1.33 bits per heavy atom. The first-order valence-corrected chi connectivity index (χ1v) is 18.6. The van der Waals surface area contributed by atoms with Gasteiger partial charge in [-0.3, -0.25) is 0 Å². The SMILES string of the molecule is C[Si](C)(C)O[Si](C)(C)O[Si](C)(C)C(c1ccc(N)cc1)c1ccc(N)cc1. The first kappa shape index (κ1) is 21.9. The molecule has 0 aromatic heterocycles. The van der Waals surface area contributed by atoms with E-state index in [2.05, 4.69) is 70.1 Å². The van der Waals surface area contributed by atoms with Crippen molar-refractivity contribution >= 4 is 36.6 Å². The number of rotatable bonds is 7. The highest BCUT2D eigenvalue weighted by Crippen LogP contribution is 2.37. The van der Waals surface area contributed by atoms with Crippen LogP contribution in [0.3, 0.4) is 0 Å². The molecular formula is C20H34N2O2Si3. The van der Waals surface area contributed by atoms with E-state index >= 15 is 0 Å². The number of hydrogen-bond acceptors (Lipinski definition) is 4. The Morgan fingerprint density at radius 1 is 0.630 bits per heavy atom. The Bertz CT molecular complexity index is 709. The molecule has 0 saturated heterocycles. The Hall–Kier alpha value is -1.39. The van der Waals surface area contributed by atoms with E-state index in [9.17, 15) is 0 Å². The Kier molecular flexibility index (Phi) is 6.43. The first-order chi connectivity index (χ1) is 12.3. The fourth-order valence-electron chi connectivity index (χ4n) is 3.82. The fraction of sp³-hybridized carbons (Fsp3) is 0.400. The molecule has 0 amide bonds. The minimum Gasteiger partial charge on any atom is -0.437 e. The van der Waals surface area contributed by atoms with Crippen LogP contribution < -0.4 is 11.5 Å². The number of nitrogens with two attached hydrogens (primary N) is 2. The second-order valence-corrected chi connectivity index (χ2v) is 21.5. The van der Waals surface area contributed by atoms with Gasteiger partial charge in [0.2, 0.25) is 0 Å². The largest absolute Gasteiger partial charge is 0.437 e. The van der Waals surface area contributed by atoms with Crippen molar-refractivity contribution in [1.29, 1.82) is 0 Å². The van der Waals surface area contributed by atoms with Gasteiger partial charge in [0, 0.05) is 16.9 Å². The van der Waals surface area contributed by atoms with Gasteiger partial charge in [-0.1, -0.05) is 24.3 Å². The third kappa shape index (κ3) is 6.32. The van der Waals surface area contributed by atoms with Crippen molar-refractivity contribution < 1.29 is 8.23 Å². The molecule has 0 saturated carbocycles. The van der Waals surface area contributed by atoms with Crippen molar-refractivity contribution in [2.75, 3.05) is 11.5 Å². The van der Waals surface area contributed by atoms with E-state index in [0.717, 1.165) is 11.4 Å². The average Bonchev–Trinajstić information content (AvgIpc) is 2.47. The van der Waals surface area contributed by atoms with Crippen LogP contribution in [-0.4, -0.2) is 25.2 Å². The van der Waals surface area contributed by atoms with Gasteiger partial charge in [-0.15, -0.1) is 0 Å². The zero-order chi connectivity index (χ0) is 20.5. The summed E-state index contributed by atoms with van der Waals surface area (Å²) < 4.78 is 13.3. The number of hydrogen-bond donors (Lipinski definition) is 2. The highest BCUT2D eigenvalue weighted by Gasteiger charge is 2.43. The van der Waals surface area contributed by atoms with Crippen LogP contribution in [-0.2, 0) is 8.23 Å². The Morgan fingerprint density at radius 2 is 1.00 bits per heavy atom. The van der Waals surface area contributed by atoms with Gasteiger partial charge in [0.25, 0.3) is 0 Å². The second-order valence-electron chi connectivity index (χ2n) is 9.09. The van der Waals surface area contributed by atoms with Gasteiger partial charge in [0.1, 0.15) is 0 Å². The minimum absolute atomic E-state index is 0.177. The summed E-state index contributed by atoms with van der Waals surface area (Å²) >= 11 is 0.